The van der Waals surface area contributed by atoms with Crippen molar-refractivity contribution >= 4 is 0 Å². The van der Waals surface area contributed by atoms with Crippen LogP contribution in [0.15, 0.2) is 0 Å². The molecule has 3 nitrogen and oxygen atoms in total. The Morgan fingerprint density at radius 1 is 0.667 bits per heavy atom. The zero-order chi connectivity index (χ0) is 0. The van der Waals surface area contributed by atoms with Crippen LogP contribution in [0.5, 0.6) is 0 Å². The molecule has 0 aromatic carbocycles. The summed E-state index contributed by atoms with van der Waals surface area (Å²) in [4.78, 5) is 0. The van der Waals surface area contributed by atoms with Crippen molar-refractivity contribution in [2.75, 3.05) is 0 Å². The van der Waals surface area contributed by atoms with Crippen molar-refractivity contribution in [2.24, 2.45) is 0 Å². The fourth-order valence-electron chi connectivity index (χ4n) is 0. The van der Waals surface area contributed by atoms with E-state index in [2.05, 4.69) is 0 Å². The van der Waals surface area contributed by atoms with Crippen LogP contribution in [-0.2, 0) is 77.8 Å². The molecule has 0 saturated carbocycles. The van der Waals surface area contributed by atoms with Crippen LogP contribution < -0.4 is 0 Å². The number of hydrogen-bond acceptors (Lipinski definition) is 0. The molecule has 0 saturated heterocycles. The molecule has 0 N–H and O–H groups in total. The van der Waals surface area contributed by atoms with Gasteiger partial charge < -0.3 is 16.4 Å². The van der Waals surface area contributed by atoms with Gasteiger partial charge in [0.05, 0.1) is 0 Å². The van der Waals surface area contributed by atoms with Crippen LogP contribution in [0.1, 0.15) is 0 Å². The first-order chi connectivity index (χ1) is 0. The predicted octanol–water partition coefficient (Wildman–Crippen LogP) is -0.364. The Morgan fingerprint density at radius 2 is 0.667 bits per heavy atom. The Bertz CT molecular complexity index is 10.8. The Morgan fingerprint density at radius 3 is 0.667 bits per heavy atom. The van der Waals surface area contributed by atoms with E-state index in [0.29, 0.717) is 0 Å². The van der Waals surface area contributed by atoms with E-state index in [9.17, 15) is 0 Å². The molecule has 6 heteroatoms. The second-order valence-corrected chi connectivity index (χ2v) is 0. The molecule has 1 radical (unpaired) electrons. The predicted molar refractivity (Wildman–Crippen MR) is 2.06 cm³/mol. The van der Waals surface area contributed by atoms with Gasteiger partial charge >= 0.3 is 0 Å². The fraction of sp³-hybridized carbons (Fsp3) is 0. The van der Waals surface area contributed by atoms with Crippen molar-refractivity contribution in [3.8, 4) is 0 Å². The third kappa shape index (κ3) is 39.9. The van der Waals surface area contributed by atoms with Gasteiger partial charge in [0.1, 0.15) is 0 Å². The molecule has 0 fully saturated rings. The topological polar surface area (TPSA) is 85.5 Å². The average Bonchev–Trinajstić information content (AvgIpc) is 0. The van der Waals surface area contributed by atoms with E-state index in [1.807, 2.05) is 0 Å². The van der Waals surface area contributed by atoms with Crippen molar-refractivity contribution in [3.05, 3.63) is 0 Å². The SMILES string of the molecule is [O-2].[O-2].[O-2].[Ti].[V].[W]. The molecule has 0 spiro atoms. The smallest absolute Gasteiger partial charge is 0 e. The van der Waals surface area contributed by atoms with Crippen LogP contribution in [0.4, 0.5) is 0 Å². The van der Waals surface area contributed by atoms with E-state index >= 15 is 0 Å². The minimum absolute atomic E-state index is 0. The summed E-state index contributed by atoms with van der Waals surface area (Å²) in [5, 5.41) is 0. The molecule has 0 amide bonds. The maximum absolute atomic E-state index is 0. The molecule has 0 bridgehead atoms. The van der Waals surface area contributed by atoms with Crippen molar-refractivity contribution in [3.63, 3.8) is 0 Å². The van der Waals surface area contributed by atoms with Gasteiger partial charge in [0.15, 0.2) is 0 Å². The molecule has 0 aliphatic heterocycles. The Kier molecular flexibility index (Phi) is 1200. The summed E-state index contributed by atoms with van der Waals surface area (Å²) in [5.41, 5.74) is 0. The minimum atomic E-state index is 0. The van der Waals surface area contributed by atoms with Gasteiger partial charge in [-0.1, -0.05) is 0 Å². The average molecular weight is 331 g/mol. The van der Waals surface area contributed by atoms with E-state index in [0.717, 1.165) is 0 Å². The van der Waals surface area contributed by atoms with Crippen molar-refractivity contribution in [1.29, 1.82) is 0 Å². The molecule has 0 aromatic rings. The van der Waals surface area contributed by atoms with Crippen molar-refractivity contribution < 1.29 is 77.8 Å². The molecular formula is O3TiVW-6. The maximum atomic E-state index is 0. The summed E-state index contributed by atoms with van der Waals surface area (Å²) < 4.78 is 0. The van der Waals surface area contributed by atoms with Crippen LogP contribution in [0.25, 0.3) is 0 Å². The van der Waals surface area contributed by atoms with E-state index in [1.54, 1.807) is 0 Å². The van der Waals surface area contributed by atoms with Crippen LogP contribution in [0.2, 0.25) is 0 Å². The van der Waals surface area contributed by atoms with Gasteiger partial charge in [0.25, 0.3) is 0 Å². The van der Waals surface area contributed by atoms with E-state index in [-0.39, 0.29) is 77.8 Å². The second-order valence-electron chi connectivity index (χ2n) is 0. The summed E-state index contributed by atoms with van der Waals surface area (Å²) in [6.07, 6.45) is 0. The summed E-state index contributed by atoms with van der Waals surface area (Å²) in [6, 6.07) is 0. The quantitative estimate of drug-likeness (QED) is 0.543. The summed E-state index contributed by atoms with van der Waals surface area (Å²) in [7, 11) is 0. The Balaban J connectivity index is 0. The molecule has 0 aliphatic carbocycles. The van der Waals surface area contributed by atoms with Crippen LogP contribution in [-0.4, -0.2) is 0 Å². The van der Waals surface area contributed by atoms with Gasteiger partial charge in [0, 0.05) is 61.3 Å². The molecule has 0 aliphatic rings. The second kappa shape index (κ2) is 67.8. The maximum Gasteiger partial charge on any atom is 0 e. The van der Waals surface area contributed by atoms with E-state index < -0.39 is 0 Å². The molecule has 0 unspecified atom stereocenters. The van der Waals surface area contributed by atoms with Gasteiger partial charge in [0.2, 0.25) is 0 Å². The molecule has 0 rings (SSSR count). The first kappa shape index (κ1) is 106. The molecular weight excluding hydrogens is 331 g/mol. The van der Waals surface area contributed by atoms with Gasteiger partial charge in [-0.2, -0.15) is 0 Å². The first-order valence-electron chi connectivity index (χ1n) is 0. The van der Waals surface area contributed by atoms with E-state index in [4.69, 9.17) is 0 Å². The van der Waals surface area contributed by atoms with Crippen molar-refractivity contribution in [1.82, 2.24) is 0 Å². The third-order valence-electron chi connectivity index (χ3n) is 0. The van der Waals surface area contributed by atoms with Gasteiger partial charge in [-0.3, -0.25) is 0 Å². The summed E-state index contributed by atoms with van der Waals surface area (Å²) >= 11 is 0. The van der Waals surface area contributed by atoms with Gasteiger partial charge in [-0.25, -0.2) is 0 Å². The number of rotatable bonds is 0. The molecule has 6 heavy (non-hydrogen) atoms. The normalized spacial score (nSPS) is 0. The molecule has 0 aromatic heterocycles. The fourth-order valence-corrected chi connectivity index (χ4v) is 0. The van der Waals surface area contributed by atoms with Gasteiger partial charge in [-0.05, 0) is 0 Å². The zero-order valence-electron chi connectivity index (χ0n) is 2.58. The first-order valence-corrected chi connectivity index (χ1v) is 0. The molecule has 39 valence electrons. The van der Waals surface area contributed by atoms with Crippen LogP contribution in [0.3, 0.4) is 0 Å². The molecule has 0 atom stereocenters. The van der Waals surface area contributed by atoms with Crippen LogP contribution >= 0.6 is 0 Å². The van der Waals surface area contributed by atoms with Crippen LogP contribution in [0, 0.1) is 0 Å². The van der Waals surface area contributed by atoms with Gasteiger partial charge in [-0.15, -0.1) is 0 Å². The largest absolute Gasteiger partial charge is 2.00 e. The van der Waals surface area contributed by atoms with E-state index in [1.165, 1.54) is 0 Å². The van der Waals surface area contributed by atoms with Crippen molar-refractivity contribution in [2.45, 2.75) is 0 Å². The monoisotopic (exact) mass is 331 g/mol. The Labute approximate surface area is 77.2 Å². The standard InChI is InChI=1S/3O.Ti.V.W/q3*-2;;;. The Hall–Kier alpha value is 1.87. The summed E-state index contributed by atoms with van der Waals surface area (Å²) in [5.74, 6) is 0. The molecule has 0 heterocycles. The number of hydrogen-bond donors (Lipinski definition) is 0. The zero-order valence-corrected chi connectivity index (χ0v) is 8.47. The third-order valence-corrected chi connectivity index (χ3v) is 0. The minimum Gasteiger partial charge on any atom is -2.00 e. The summed E-state index contributed by atoms with van der Waals surface area (Å²) in [6.45, 7) is 0.